The Bertz CT molecular complexity index is 601. The molecule has 0 aliphatic carbocycles. The summed E-state index contributed by atoms with van der Waals surface area (Å²) in [5, 5.41) is 8.76. The minimum atomic E-state index is -0.351. The van der Waals surface area contributed by atoms with E-state index in [-0.39, 0.29) is 18.5 Å². The number of hydrogen-bond donors (Lipinski definition) is 3. The fourth-order valence-corrected chi connectivity index (χ4v) is 2.31. The van der Waals surface area contributed by atoms with E-state index < -0.39 is 0 Å². The molecule has 1 fully saturated rings. The third-order valence-corrected chi connectivity index (χ3v) is 3.51. The second-order valence-corrected chi connectivity index (χ2v) is 5.10. The number of carbonyl (C=O) groups is 2. The van der Waals surface area contributed by atoms with Crippen LogP contribution in [0.5, 0.6) is 5.75 Å². The molecule has 24 heavy (non-hydrogen) atoms. The maximum atomic E-state index is 11.5. The predicted molar refractivity (Wildman–Crippen MR) is 90.9 cm³/mol. The SMILES string of the molecule is CCOc1ccccc1CNC(=NC)NCCN1C(=O)CNC1=O. The molecule has 3 amide bonds. The smallest absolute Gasteiger partial charge is 0.324 e. The summed E-state index contributed by atoms with van der Waals surface area (Å²) < 4.78 is 5.59. The van der Waals surface area contributed by atoms with E-state index in [0.717, 1.165) is 11.3 Å². The van der Waals surface area contributed by atoms with E-state index in [1.54, 1.807) is 7.05 Å². The molecule has 8 nitrogen and oxygen atoms in total. The normalized spacial score (nSPS) is 14.6. The molecular weight excluding hydrogens is 310 g/mol. The van der Waals surface area contributed by atoms with Crippen LogP contribution >= 0.6 is 0 Å². The molecule has 0 spiro atoms. The maximum Gasteiger partial charge on any atom is 0.324 e. The Balaban J connectivity index is 1.81. The number of benzene rings is 1. The topological polar surface area (TPSA) is 95.1 Å². The third kappa shape index (κ3) is 4.61. The van der Waals surface area contributed by atoms with E-state index in [1.807, 2.05) is 31.2 Å². The fourth-order valence-electron chi connectivity index (χ4n) is 2.31. The zero-order chi connectivity index (χ0) is 17.4. The van der Waals surface area contributed by atoms with Crippen molar-refractivity contribution in [2.24, 2.45) is 4.99 Å². The zero-order valence-electron chi connectivity index (χ0n) is 14.0. The van der Waals surface area contributed by atoms with E-state index in [9.17, 15) is 9.59 Å². The highest BCUT2D eigenvalue weighted by Crippen LogP contribution is 2.17. The van der Waals surface area contributed by atoms with Crippen molar-refractivity contribution in [3.05, 3.63) is 29.8 Å². The lowest BCUT2D eigenvalue weighted by Crippen LogP contribution is -2.43. The van der Waals surface area contributed by atoms with Gasteiger partial charge in [0.15, 0.2) is 5.96 Å². The van der Waals surface area contributed by atoms with Gasteiger partial charge in [0.05, 0.1) is 13.2 Å². The number of ether oxygens (including phenoxy) is 1. The molecule has 1 aromatic rings. The number of carbonyl (C=O) groups excluding carboxylic acids is 2. The van der Waals surface area contributed by atoms with Gasteiger partial charge in [-0.2, -0.15) is 0 Å². The molecule has 0 saturated carbocycles. The molecule has 1 saturated heterocycles. The Morgan fingerprint density at radius 3 is 2.79 bits per heavy atom. The van der Waals surface area contributed by atoms with Crippen molar-refractivity contribution in [1.82, 2.24) is 20.9 Å². The average molecular weight is 333 g/mol. The molecule has 1 heterocycles. The molecule has 3 N–H and O–H groups in total. The molecule has 0 radical (unpaired) electrons. The predicted octanol–water partition coefficient (Wildman–Crippen LogP) is 0.302. The van der Waals surface area contributed by atoms with Gasteiger partial charge in [-0.3, -0.25) is 14.7 Å². The van der Waals surface area contributed by atoms with Crippen molar-refractivity contribution >= 4 is 17.9 Å². The lowest BCUT2D eigenvalue weighted by Gasteiger charge is -2.16. The number of rotatable bonds is 7. The van der Waals surface area contributed by atoms with Gasteiger partial charge in [0.2, 0.25) is 5.91 Å². The van der Waals surface area contributed by atoms with Gasteiger partial charge >= 0.3 is 6.03 Å². The summed E-state index contributed by atoms with van der Waals surface area (Å²) in [6, 6.07) is 7.44. The summed E-state index contributed by atoms with van der Waals surface area (Å²) in [6.07, 6.45) is 0. The van der Waals surface area contributed by atoms with Crippen LogP contribution in [0, 0.1) is 0 Å². The number of guanidine groups is 1. The molecule has 0 bridgehead atoms. The van der Waals surface area contributed by atoms with E-state index in [0.29, 0.717) is 32.2 Å². The van der Waals surface area contributed by atoms with Crippen LogP contribution in [0.15, 0.2) is 29.3 Å². The monoisotopic (exact) mass is 333 g/mol. The lowest BCUT2D eigenvalue weighted by atomic mass is 10.2. The van der Waals surface area contributed by atoms with Gasteiger partial charge in [-0.25, -0.2) is 4.79 Å². The van der Waals surface area contributed by atoms with E-state index in [1.165, 1.54) is 4.90 Å². The second kappa shape index (κ2) is 8.76. The number of amides is 3. The van der Waals surface area contributed by atoms with Gasteiger partial charge in [-0.1, -0.05) is 18.2 Å². The van der Waals surface area contributed by atoms with Crippen LogP contribution in [0.3, 0.4) is 0 Å². The first-order chi connectivity index (χ1) is 11.7. The van der Waals surface area contributed by atoms with Crippen LogP contribution < -0.4 is 20.7 Å². The molecule has 130 valence electrons. The van der Waals surface area contributed by atoms with Gasteiger partial charge < -0.3 is 20.7 Å². The first-order valence-electron chi connectivity index (χ1n) is 7.89. The molecule has 0 unspecified atom stereocenters. The Kier molecular flexibility index (Phi) is 6.41. The first-order valence-corrected chi connectivity index (χ1v) is 7.89. The highest BCUT2D eigenvalue weighted by Gasteiger charge is 2.27. The highest BCUT2D eigenvalue weighted by molar-refractivity contribution is 6.01. The summed E-state index contributed by atoms with van der Waals surface area (Å²) >= 11 is 0. The van der Waals surface area contributed by atoms with Crippen LogP contribution in [0.2, 0.25) is 0 Å². The van der Waals surface area contributed by atoms with E-state index in [4.69, 9.17) is 4.74 Å². The summed E-state index contributed by atoms with van der Waals surface area (Å²) in [6.45, 7) is 3.89. The standard InChI is InChI=1S/C16H23N5O3/c1-3-24-13-7-5-4-6-12(13)10-19-15(17-2)18-8-9-21-14(22)11-20-16(21)23/h4-7H,3,8-11H2,1-2H3,(H,20,23)(H2,17,18,19). The van der Waals surface area contributed by atoms with Crippen molar-refractivity contribution in [3.63, 3.8) is 0 Å². The third-order valence-electron chi connectivity index (χ3n) is 3.51. The maximum absolute atomic E-state index is 11.5. The number of nitrogens with zero attached hydrogens (tertiary/aromatic N) is 2. The highest BCUT2D eigenvalue weighted by atomic mass is 16.5. The number of imide groups is 1. The molecule has 8 heteroatoms. The lowest BCUT2D eigenvalue weighted by molar-refractivity contribution is -0.124. The molecule has 0 atom stereocenters. The zero-order valence-corrected chi connectivity index (χ0v) is 14.0. The summed E-state index contributed by atoms with van der Waals surface area (Å²) in [4.78, 5) is 28.3. The van der Waals surface area contributed by atoms with Crippen LogP contribution in [-0.4, -0.2) is 56.1 Å². The Morgan fingerprint density at radius 1 is 1.33 bits per heavy atom. The van der Waals surface area contributed by atoms with Gasteiger partial charge in [-0.05, 0) is 13.0 Å². The van der Waals surface area contributed by atoms with Gasteiger partial charge in [0, 0.05) is 32.2 Å². The minimum absolute atomic E-state index is 0.0695. The van der Waals surface area contributed by atoms with E-state index in [2.05, 4.69) is 20.9 Å². The Labute approximate surface area is 141 Å². The van der Waals surface area contributed by atoms with Crippen molar-refractivity contribution in [2.75, 3.05) is 33.3 Å². The van der Waals surface area contributed by atoms with Crippen LogP contribution in [0.25, 0.3) is 0 Å². The summed E-state index contributed by atoms with van der Waals surface area (Å²) in [5.74, 6) is 1.21. The molecule has 2 rings (SSSR count). The van der Waals surface area contributed by atoms with Gasteiger partial charge in [0.25, 0.3) is 0 Å². The number of aliphatic imine (C=N–C) groups is 1. The summed E-state index contributed by atoms with van der Waals surface area (Å²) in [5.41, 5.74) is 1.02. The molecular formula is C16H23N5O3. The van der Waals surface area contributed by atoms with Crippen LogP contribution in [0.4, 0.5) is 4.79 Å². The Morgan fingerprint density at radius 2 is 2.12 bits per heavy atom. The van der Waals surface area contributed by atoms with Crippen molar-refractivity contribution in [3.8, 4) is 5.75 Å². The fraction of sp³-hybridized carbons (Fsp3) is 0.438. The quantitative estimate of drug-likeness (QED) is 0.379. The second-order valence-electron chi connectivity index (χ2n) is 5.10. The largest absolute Gasteiger partial charge is 0.494 e. The Hall–Kier alpha value is -2.77. The van der Waals surface area contributed by atoms with E-state index >= 15 is 0 Å². The number of nitrogens with one attached hydrogen (secondary N) is 3. The number of urea groups is 1. The molecule has 0 aromatic heterocycles. The number of para-hydroxylation sites is 1. The first kappa shape index (κ1) is 17.6. The average Bonchev–Trinajstić information content (AvgIpc) is 2.91. The van der Waals surface area contributed by atoms with Crippen LogP contribution in [-0.2, 0) is 11.3 Å². The number of hydrogen-bond acceptors (Lipinski definition) is 4. The van der Waals surface area contributed by atoms with Crippen LogP contribution in [0.1, 0.15) is 12.5 Å². The molecule has 1 aliphatic rings. The molecule has 1 aromatic carbocycles. The molecule has 1 aliphatic heterocycles. The van der Waals surface area contributed by atoms with Gasteiger partial charge in [-0.15, -0.1) is 0 Å². The minimum Gasteiger partial charge on any atom is -0.494 e. The van der Waals surface area contributed by atoms with Crippen molar-refractivity contribution in [1.29, 1.82) is 0 Å². The summed E-state index contributed by atoms with van der Waals surface area (Å²) in [7, 11) is 1.66. The van der Waals surface area contributed by atoms with Gasteiger partial charge in [0.1, 0.15) is 5.75 Å². The van der Waals surface area contributed by atoms with Crippen molar-refractivity contribution < 1.29 is 14.3 Å². The van der Waals surface area contributed by atoms with Crippen molar-refractivity contribution in [2.45, 2.75) is 13.5 Å².